The quantitative estimate of drug-likeness (QED) is 0.641. The van der Waals surface area contributed by atoms with Crippen molar-refractivity contribution in [3.05, 3.63) is 0 Å². The normalized spacial score (nSPS) is 30.6. The molecule has 0 saturated carbocycles. The predicted molar refractivity (Wildman–Crippen MR) is 56.4 cm³/mol. The van der Waals surface area contributed by atoms with E-state index in [2.05, 4.69) is 6.92 Å². The third-order valence-electron chi connectivity index (χ3n) is 2.59. The summed E-state index contributed by atoms with van der Waals surface area (Å²) in [4.78, 5) is 0. The Morgan fingerprint density at radius 3 is 2.77 bits per heavy atom. The summed E-state index contributed by atoms with van der Waals surface area (Å²) in [6.07, 6.45) is 4.70. The average molecular weight is 204 g/mol. The lowest BCUT2D eigenvalue weighted by Crippen LogP contribution is -2.24. The highest BCUT2D eigenvalue weighted by molar-refractivity contribution is 7.85. The fourth-order valence-corrected chi connectivity index (χ4v) is 3.36. The van der Waals surface area contributed by atoms with Crippen molar-refractivity contribution >= 4 is 10.8 Å². The van der Waals surface area contributed by atoms with E-state index in [1.807, 2.05) is 6.92 Å². The summed E-state index contributed by atoms with van der Waals surface area (Å²) in [5, 5.41) is 0.303. The predicted octanol–water partition coefficient (Wildman–Crippen LogP) is 2.10. The van der Waals surface area contributed by atoms with Gasteiger partial charge in [0, 0.05) is 23.2 Å². The van der Waals surface area contributed by atoms with Crippen molar-refractivity contribution in [1.82, 2.24) is 0 Å². The van der Waals surface area contributed by atoms with Crippen LogP contribution in [0.3, 0.4) is 0 Å². The van der Waals surface area contributed by atoms with Gasteiger partial charge in [0.25, 0.3) is 0 Å². The molecule has 0 aromatic heterocycles. The first-order valence-corrected chi connectivity index (χ1v) is 6.62. The first-order chi connectivity index (χ1) is 6.25. The van der Waals surface area contributed by atoms with Crippen molar-refractivity contribution in [2.24, 2.45) is 0 Å². The molecule has 3 heteroatoms. The maximum Gasteiger partial charge on any atom is 0.0691 e. The Morgan fingerprint density at radius 2 is 2.23 bits per heavy atom. The van der Waals surface area contributed by atoms with Crippen LogP contribution in [-0.2, 0) is 15.5 Å². The maximum absolute atomic E-state index is 11.8. The van der Waals surface area contributed by atoms with Crippen LogP contribution >= 0.6 is 0 Å². The molecule has 1 aliphatic heterocycles. The van der Waals surface area contributed by atoms with Gasteiger partial charge in [0.1, 0.15) is 0 Å². The van der Waals surface area contributed by atoms with Crippen LogP contribution in [0.1, 0.15) is 39.5 Å². The SMILES string of the molecule is CCCCC[S@](=O)[C@H]1CCO[C@H]1C. The van der Waals surface area contributed by atoms with Gasteiger partial charge in [-0.2, -0.15) is 0 Å². The van der Waals surface area contributed by atoms with E-state index >= 15 is 0 Å². The average Bonchev–Trinajstić information content (AvgIpc) is 2.52. The van der Waals surface area contributed by atoms with Gasteiger partial charge in [-0.25, -0.2) is 0 Å². The van der Waals surface area contributed by atoms with E-state index in [4.69, 9.17) is 4.74 Å². The van der Waals surface area contributed by atoms with Gasteiger partial charge in [-0.15, -0.1) is 0 Å². The van der Waals surface area contributed by atoms with Gasteiger partial charge in [0.15, 0.2) is 0 Å². The van der Waals surface area contributed by atoms with E-state index in [1.54, 1.807) is 0 Å². The van der Waals surface area contributed by atoms with Crippen LogP contribution in [0.4, 0.5) is 0 Å². The molecule has 3 atom stereocenters. The molecule has 1 aliphatic rings. The van der Waals surface area contributed by atoms with Gasteiger partial charge in [0.2, 0.25) is 0 Å². The second-order valence-electron chi connectivity index (χ2n) is 3.70. The molecular weight excluding hydrogens is 184 g/mol. The summed E-state index contributed by atoms with van der Waals surface area (Å²) in [5.41, 5.74) is 0. The molecule has 0 unspecified atom stereocenters. The molecule has 0 radical (unpaired) electrons. The van der Waals surface area contributed by atoms with Gasteiger partial charge in [-0.05, 0) is 19.8 Å². The lowest BCUT2D eigenvalue weighted by Gasteiger charge is -2.13. The first-order valence-electron chi connectivity index (χ1n) is 5.24. The standard InChI is InChI=1S/C10H20O2S/c1-3-4-5-8-13(11)10-6-7-12-9(10)2/h9-10H,3-8H2,1-2H3/t9-,10-,13-/m0/s1. The van der Waals surface area contributed by atoms with Crippen molar-refractivity contribution in [3.8, 4) is 0 Å². The van der Waals surface area contributed by atoms with Gasteiger partial charge >= 0.3 is 0 Å². The lowest BCUT2D eigenvalue weighted by atomic mass is 10.3. The number of ether oxygens (including phenoxy) is 1. The Kier molecular flexibility index (Phi) is 4.96. The zero-order chi connectivity index (χ0) is 9.68. The van der Waals surface area contributed by atoms with Gasteiger partial charge in [-0.3, -0.25) is 4.21 Å². The Morgan fingerprint density at radius 1 is 1.46 bits per heavy atom. The fraction of sp³-hybridized carbons (Fsp3) is 1.00. The molecule has 0 aliphatic carbocycles. The van der Waals surface area contributed by atoms with E-state index in [9.17, 15) is 4.21 Å². The highest BCUT2D eigenvalue weighted by atomic mass is 32.2. The molecular formula is C10H20O2S. The van der Waals surface area contributed by atoms with Gasteiger partial charge in [0.05, 0.1) is 11.4 Å². The van der Waals surface area contributed by atoms with Crippen LogP contribution in [0.2, 0.25) is 0 Å². The van der Waals surface area contributed by atoms with Crippen molar-refractivity contribution < 1.29 is 8.95 Å². The van der Waals surface area contributed by atoms with Gasteiger partial charge in [-0.1, -0.05) is 19.8 Å². The minimum Gasteiger partial charge on any atom is -0.377 e. The summed E-state index contributed by atoms with van der Waals surface area (Å²) in [6.45, 7) is 5.00. The second-order valence-corrected chi connectivity index (χ2v) is 5.47. The Bertz CT molecular complexity index is 170. The van der Waals surface area contributed by atoms with E-state index in [0.29, 0.717) is 5.25 Å². The van der Waals surface area contributed by atoms with E-state index in [0.717, 1.165) is 25.2 Å². The third-order valence-corrected chi connectivity index (χ3v) is 4.58. The van der Waals surface area contributed by atoms with Crippen molar-refractivity contribution in [2.75, 3.05) is 12.4 Å². The van der Waals surface area contributed by atoms with Crippen molar-refractivity contribution in [3.63, 3.8) is 0 Å². The monoisotopic (exact) mass is 204 g/mol. The largest absolute Gasteiger partial charge is 0.377 e. The Hall–Kier alpha value is 0.110. The fourth-order valence-electron chi connectivity index (χ4n) is 1.70. The highest BCUT2D eigenvalue weighted by Crippen LogP contribution is 2.19. The molecule has 78 valence electrons. The minimum atomic E-state index is -0.652. The van der Waals surface area contributed by atoms with Crippen LogP contribution in [0, 0.1) is 0 Å². The molecule has 0 aromatic rings. The number of hydrogen-bond acceptors (Lipinski definition) is 2. The molecule has 0 N–H and O–H groups in total. The lowest BCUT2D eigenvalue weighted by molar-refractivity contribution is 0.127. The molecule has 2 nitrogen and oxygen atoms in total. The maximum atomic E-state index is 11.8. The van der Waals surface area contributed by atoms with Gasteiger partial charge < -0.3 is 4.74 Å². The van der Waals surface area contributed by atoms with Crippen LogP contribution < -0.4 is 0 Å². The van der Waals surface area contributed by atoms with Crippen LogP contribution in [0.15, 0.2) is 0 Å². The number of rotatable bonds is 5. The van der Waals surface area contributed by atoms with Crippen LogP contribution in [-0.4, -0.2) is 27.9 Å². The summed E-state index contributed by atoms with van der Waals surface area (Å²) in [6, 6.07) is 0. The summed E-state index contributed by atoms with van der Waals surface area (Å²) >= 11 is 0. The first kappa shape index (κ1) is 11.2. The topological polar surface area (TPSA) is 26.3 Å². The third kappa shape index (κ3) is 3.39. The molecule has 0 aromatic carbocycles. The Labute approximate surface area is 83.5 Å². The van der Waals surface area contributed by atoms with Crippen molar-refractivity contribution in [1.29, 1.82) is 0 Å². The minimum absolute atomic E-state index is 0.211. The zero-order valence-electron chi connectivity index (χ0n) is 8.62. The second kappa shape index (κ2) is 5.76. The smallest absolute Gasteiger partial charge is 0.0691 e. The molecule has 1 rings (SSSR count). The summed E-state index contributed by atoms with van der Waals surface area (Å²) in [5.74, 6) is 0.867. The number of hydrogen-bond donors (Lipinski definition) is 0. The summed E-state index contributed by atoms with van der Waals surface area (Å²) < 4.78 is 17.2. The molecule has 1 saturated heterocycles. The van der Waals surface area contributed by atoms with Crippen molar-refractivity contribution in [2.45, 2.75) is 50.9 Å². The molecule has 0 bridgehead atoms. The Balaban J connectivity index is 2.22. The van der Waals surface area contributed by atoms with Crippen LogP contribution in [0.25, 0.3) is 0 Å². The molecule has 0 amide bonds. The molecule has 0 spiro atoms. The van der Waals surface area contributed by atoms with E-state index in [-0.39, 0.29) is 6.10 Å². The number of unbranched alkanes of at least 4 members (excludes halogenated alkanes) is 2. The summed E-state index contributed by atoms with van der Waals surface area (Å²) in [7, 11) is -0.652. The van der Waals surface area contributed by atoms with Crippen LogP contribution in [0.5, 0.6) is 0 Å². The zero-order valence-corrected chi connectivity index (χ0v) is 9.44. The molecule has 1 fully saturated rings. The molecule has 13 heavy (non-hydrogen) atoms. The van der Waals surface area contributed by atoms with E-state index in [1.165, 1.54) is 12.8 Å². The van der Waals surface area contributed by atoms with E-state index < -0.39 is 10.8 Å². The molecule has 1 heterocycles. The highest BCUT2D eigenvalue weighted by Gasteiger charge is 2.28.